The van der Waals surface area contributed by atoms with Gasteiger partial charge in [-0.1, -0.05) is 76.1 Å². The van der Waals surface area contributed by atoms with Gasteiger partial charge in [-0.25, -0.2) is 9.59 Å². The van der Waals surface area contributed by atoms with E-state index in [2.05, 4.69) is 25.2 Å². The molecule has 0 spiro atoms. The van der Waals surface area contributed by atoms with Crippen LogP contribution >= 0.6 is 0 Å². The van der Waals surface area contributed by atoms with Gasteiger partial charge in [0.05, 0.1) is 0 Å². The number of esters is 2. The van der Waals surface area contributed by atoms with Gasteiger partial charge in [0.15, 0.2) is 0 Å². The van der Waals surface area contributed by atoms with Crippen molar-refractivity contribution in [1.29, 1.82) is 0 Å². The van der Waals surface area contributed by atoms with Crippen molar-refractivity contribution < 1.29 is 14.3 Å². The molecule has 0 bridgehead atoms. The van der Waals surface area contributed by atoms with Crippen LogP contribution in [0.1, 0.15) is 45.1 Å². The first-order valence-corrected chi connectivity index (χ1v) is 8.38. The van der Waals surface area contributed by atoms with Crippen LogP contribution in [0.25, 0.3) is 6.08 Å². The summed E-state index contributed by atoms with van der Waals surface area (Å²) in [4.78, 5) is 19.8. The summed E-state index contributed by atoms with van der Waals surface area (Å²) in [6.07, 6.45) is 9.22. The minimum atomic E-state index is -0.579. The van der Waals surface area contributed by atoms with Crippen molar-refractivity contribution in [2.75, 3.05) is 6.54 Å². The lowest BCUT2D eigenvalue weighted by atomic mass is 10.00. The van der Waals surface area contributed by atoms with Gasteiger partial charge < -0.3 is 10.5 Å². The van der Waals surface area contributed by atoms with E-state index in [9.17, 15) is 9.59 Å². The fourth-order valence-corrected chi connectivity index (χ4v) is 1.87. The Morgan fingerprint density at radius 2 is 1.71 bits per heavy atom. The molecule has 1 unspecified atom stereocenters. The Hall–Kier alpha value is -2.20. The molecule has 0 amide bonds. The SMILES string of the molecule is C=Cc1ccccc1.CCCCC(CC)CN.O=C1C=CC(=O)O1. The third-order valence-electron chi connectivity index (χ3n) is 3.47. The van der Waals surface area contributed by atoms with Crippen molar-refractivity contribution in [3.8, 4) is 0 Å². The topological polar surface area (TPSA) is 69.4 Å². The molecule has 4 heteroatoms. The summed E-state index contributed by atoms with van der Waals surface area (Å²) in [6.45, 7) is 8.94. The zero-order chi connectivity index (χ0) is 18.2. The smallest absolute Gasteiger partial charge is 0.338 e. The highest BCUT2D eigenvalue weighted by molar-refractivity contribution is 6.04. The molecule has 24 heavy (non-hydrogen) atoms. The van der Waals surface area contributed by atoms with Gasteiger partial charge in [-0.15, -0.1) is 0 Å². The van der Waals surface area contributed by atoms with E-state index in [4.69, 9.17) is 5.73 Å². The Bertz CT molecular complexity index is 489. The van der Waals surface area contributed by atoms with Gasteiger partial charge in [0, 0.05) is 12.2 Å². The third-order valence-corrected chi connectivity index (χ3v) is 3.47. The number of carbonyl (C=O) groups is 2. The molecule has 1 aromatic carbocycles. The maximum atomic E-state index is 9.92. The summed E-state index contributed by atoms with van der Waals surface area (Å²) in [5, 5.41) is 0. The highest BCUT2D eigenvalue weighted by Gasteiger charge is 2.10. The Morgan fingerprint density at radius 3 is 2.00 bits per heavy atom. The second kappa shape index (κ2) is 14.4. The van der Waals surface area contributed by atoms with Gasteiger partial charge in [-0.2, -0.15) is 0 Å². The highest BCUT2D eigenvalue weighted by Crippen LogP contribution is 2.09. The number of carbonyl (C=O) groups excluding carboxylic acids is 2. The van der Waals surface area contributed by atoms with Crippen molar-refractivity contribution in [2.45, 2.75) is 39.5 Å². The van der Waals surface area contributed by atoms with Crippen LogP contribution in [0.3, 0.4) is 0 Å². The Labute approximate surface area is 145 Å². The number of ether oxygens (including phenoxy) is 1. The second-order valence-corrected chi connectivity index (χ2v) is 5.34. The zero-order valence-corrected chi connectivity index (χ0v) is 14.7. The molecule has 1 heterocycles. The first-order valence-electron chi connectivity index (χ1n) is 8.38. The number of rotatable bonds is 6. The zero-order valence-electron chi connectivity index (χ0n) is 14.7. The maximum absolute atomic E-state index is 9.92. The molecule has 0 saturated carbocycles. The molecular weight excluding hydrogens is 302 g/mol. The molecule has 4 nitrogen and oxygen atoms in total. The summed E-state index contributed by atoms with van der Waals surface area (Å²) < 4.78 is 3.97. The number of cyclic esters (lactones) is 2. The fourth-order valence-electron chi connectivity index (χ4n) is 1.87. The van der Waals surface area contributed by atoms with Crippen molar-refractivity contribution in [1.82, 2.24) is 0 Å². The lowest BCUT2D eigenvalue weighted by molar-refractivity contribution is -0.150. The minimum Gasteiger partial charge on any atom is -0.387 e. The summed E-state index contributed by atoms with van der Waals surface area (Å²) in [6, 6.07) is 10.0. The van der Waals surface area contributed by atoms with Crippen molar-refractivity contribution in [3.05, 3.63) is 54.6 Å². The monoisotopic (exact) mass is 331 g/mol. The molecular formula is C20H29NO3. The van der Waals surface area contributed by atoms with Gasteiger partial charge in [-0.3, -0.25) is 0 Å². The van der Waals surface area contributed by atoms with Crippen LogP contribution in [0.4, 0.5) is 0 Å². The summed E-state index contributed by atoms with van der Waals surface area (Å²) in [5.74, 6) is -0.375. The predicted octanol–water partition coefficient (Wildman–Crippen LogP) is 4.12. The summed E-state index contributed by atoms with van der Waals surface area (Å²) in [7, 11) is 0. The van der Waals surface area contributed by atoms with Crippen LogP contribution in [-0.2, 0) is 14.3 Å². The lowest BCUT2D eigenvalue weighted by Gasteiger charge is -2.09. The molecule has 0 aromatic heterocycles. The first kappa shape index (κ1) is 21.8. The fraction of sp³-hybridized carbons (Fsp3) is 0.400. The van der Waals surface area contributed by atoms with E-state index < -0.39 is 11.9 Å². The molecule has 0 aliphatic carbocycles. The third kappa shape index (κ3) is 11.4. The van der Waals surface area contributed by atoms with E-state index in [1.807, 2.05) is 36.4 Å². The lowest BCUT2D eigenvalue weighted by Crippen LogP contribution is -2.12. The highest BCUT2D eigenvalue weighted by atomic mass is 16.6. The molecule has 1 atom stereocenters. The largest absolute Gasteiger partial charge is 0.387 e. The van der Waals surface area contributed by atoms with E-state index in [0.29, 0.717) is 0 Å². The molecule has 2 rings (SSSR count). The Balaban J connectivity index is 0.000000332. The summed E-state index contributed by atoms with van der Waals surface area (Å²) >= 11 is 0. The molecule has 0 radical (unpaired) electrons. The van der Waals surface area contributed by atoms with Gasteiger partial charge in [-0.05, 0) is 24.4 Å². The summed E-state index contributed by atoms with van der Waals surface area (Å²) in [5.41, 5.74) is 6.70. The number of hydrogen-bond acceptors (Lipinski definition) is 4. The molecule has 0 fully saturated rings. The standard InChI is InChI=1S/C8H19N.C8H8.C4H2O3/c1-3-5-6-8(4-2)7-9;1-2-8-6-4-3-5-7-8;5-3-1-2-4(6)7-3/h8H,3-7,9H2,1-2H3;2-7H,1H2;1-2H. The Kier molecular flexibility index (Phi) is 13.1. The number of unbranched alkanes of at least 4 members (excludes halogenated alkanes) is 1. The number of benzene rings is 1. The van der Waals surface area contributed by atoms with Gasteiger partial charge >= 0.3 is 11.9 Å². The van der Waals surface area contributed by atoms with Crippen LogP contribution in [0, 0.1) is 5.92 Å². The van der Waals surface area contributed by atoms with Crippen molar-refractivity contribution in [3.63, 3.8) is 0 Å². The molecule has 132 valence electrons. The maximum Gasteiger partial charge on any atom is 0.338 e. The number of nitrogens with two attached hydrogens (primary N) is 1. The van der Waals surface area contributed by atoms with Crippen LogP contribution < -0.4 is 5.73 Å². The first-order chi connectivity index (χ1) is 11.6. The minimum absolute atomic E-state index is 0.579. The van der Waals surface area contributed by atoms with E-state index in [1.54, 1.807) is 0 Å². The number of hydrogen-bond donors (Lipinski definition) is 1. The van der Waals surface area contributed by atoms with Crippen LogP contribution in [-0.4, -0.2) is 18.5 Å². The molecule has 1 aromatic rings. The van der Waals surface area contributed by atoms with Crippen molar-refractivity contribution >= 4 is 18.0 Å². The average Bonchev–Trinajstić information content (AvgIpc) is 3.00. The quantitative estimate of drug-likeness (QED) is 0.629. The van der Waals surface area contributed by atoms with Gasteiger partial charge in [0.2, 0.25) is 0 Å². The van der Waals surface area contributed by atoms with E-state index in [1.165, 1.54) is 31.2 Å². The molecule has 1 aliphatic heterocycles. The van der Waals surface area contributed by atoms with Crippen molar-refractivity contribution in [2.24, 2.45) is 11.7 Å². The van der Waals surface area contributed by atoms with E-state index in [-0.39, 0.29) is 0 Å². The van der Waals surface area contributed by atoms with E-state index >= 15 is 0 Å². The van der Waals surface area contributed by atoms with Crippen LogP contribution in [0.2, 0.25) is 0 Å². The van der Waals surface area contributed by atoms with Gasteiger partial charge in [0.25, 0.3) is 0 Å². The molecule has 2 N–H and O–H groups in total. The van der Waals surface area contributed by atoms with Gasteiger partial charge in [0.1, 0.15) is 0 Å². The van der Waals surface area contributed by atoms with Crippen LogP contribution in [0.5, 0.6) is 0 Å². The molecule has 0 saturated heterocycles. The molecule has 1 aliphatic rings. The predicted molar refractivity (Wildman–Crippen MR) is 99.1 cm³/mol. The van der Waals surface area contributed by atoms with E-state index in [0.717, 1.165) is 24.6 Å². The Morgan fingerprint density at radius 1 is 1.12 bits per heavy atom. The average molecular weight is 331 g/mol. The second-order valence-electron chi connectivity index (χ2n) is 5.34. The van der Waals surface area contributed by atoms with Crippen LogP contribution in [0.15, 0.2) is 49.1 Å². The normalized spacial score (nSPS) is 13.1.